The lowest BCUT2D eigenvalue weighted by Gasteiger charge is -2.11. The Bertz CT molecular complexity index is 767. The highest BCUT2D eigenvalue weighted by atomic mass is 32.2. The van der Waals surface area contributed by atoms with Crippen molar-refractivity contribution >= 4 is 23.4 Å². The molecule has 1 heterocycles. The van der Waals surface area contributed by atoms with Crippen LogP contribution in [0.4, 0.5) is 32.0 Å². The first kappa shape index (κ1) is 20.1. The topological polar surface area (TPSA) is 46.9 Å². The zero-order chi connectivity index (χ0) is 19.5. The van der Waals surface area contributed by atoms with Crippen LogP contribution in [0.15, 0.2) is 30.3 Å². The molecular formula is C15H13F6N3OS. The van der Waals surface area contributed by atoms with Crippen molar-refractivity contribution in [2.75, 3.05) is 17.3 Å². The number of aromatic nitrogens is 2. The van der Waals surface area contributed by atoms with E-state index < -0.39 is 23.7 Å². The Balaban J connectivity index is 2.31. The summed E-state index contributed by atoms with van der Waals surface area (Å²) in [5, 5.41) is 5.58. The molecule has 0 aliphatic rings. The molecule has 1 aromatic heterocycles. The Labute approximate surface area is 148 Å². The van der Waals surface area contributed by atoms with E-state index in [0.717, 1.165) is 12.1 Å². The second-order valence-electron chi connectivity index (χ2n) is 5.16. The first-order valence-electron chi connectivity index (χ1n) is 7.16. The standard InChI is InChI=1S/C15H13F6N3OS/c1-26-7-6-13(25)22-9-2-4-10(5-3-9)24-12(15(19,20)21)8-11(23-24)14(16,17)18/h2-5,8H,6-7H2,1H3,(H,22,25). The smallest absolute Gasteiger partial charge is 0.326 e. The molecule has 0 bridgehead atoms. The molecule has 0 saturated heterocycles. The largest absolute Gasteiger partial charge is 0.435 e. The van der Waals surface area contributed by atoms with Crippen molar-refractivity contribution in [3.05, 3.63) is 41.7 Å². The maximum Gasteiger partial charge on any atom is 0.435 e. The van der Waals surface area contributed by atoms with Gasteiger partial charge in [0.2, 0.25) is 5.91 Å². The van der Waals surface area contributed by atoms with Gasteiger partial charge in [0.05, 0.1) is 5.69 Å². The lowest BCUT2D eigenvalue weighted by atomic mass is 10.2. The Kier molecular flexibility index (Phi) is 5.89. The van der Waals surface area contributed by atoms with Gasteiger partial charge in [0.25, 0.3) is 0 Å². The number of amides is 1. The summed E-state index contributed by atoms with van der Waals surface area (Å²) >= 11 is 1.48. The molecule has 1 aromatic carbocycles. The molecule has 142 valence electrons. The minimum Gasteiger partial charge on any atom is -0.326 e. The molecule has 26 heavy (non-hydrogen) atoms. The van der Waals surface area contributed by atoms with E-state index in [1.165, 1.54) is 23.9 Å². The number of thioether (sulfide) groups is 1. The van der Waals surface area contributed by atoms with Gasteiger partial charge in [-0.05, 0) is 30.5 Å². The second kappa shape index (κ2) is 7.60. The quantitative estimate of drug-likeness (QED) is 0.750. The molecule has 0 spiro atoms. The van der Waals surface area contributed by atoms with Gasteiger partial charge >= 0.3 is 12.4 Å². The zero-order valence-corrected chi connectivity index (χ0v) is 14.1. The van der Waals surface area contributed by atoms with E-state index in [0.29, 0.717) is 11.4 Å². The van der Waals surface area contributed by atoms with E-state index in [1.54, 1.807) is 0 Å². The first-order chi connectivity index (χ1) is 12.0. The van der Waals surface area contributed by atoms with Crippen LogP contribution in [0.5, 0.6) is 0 Å². The molecule has 1 amide bonds. The number of nitrogens with one attached hydrogen (secondary N) is 1. The van der Waals surface area contributed by atoms with Crippen molar-refractivity contribution in [2.24, 2.45) is 0 Å². The molecule has 2 aromatic rings. The van der Waals surface area contributed by atoms with E-state index in [9.17, 15) is 31.1 Å². The molecule has 0 aliphatic heterocycles. The van der Waals surface area contributed by atoms with E-state index in [1.807, 2.05) is 6.26 Å². The molecule has 0 atom stereocenters. The lowest BCUT2D eigenvalue weighted by molar-refractivity contribution is -0.143. The van der Waals surface area contributed by atoms with Crippen molar-refractivity contribution in [3.63, 3.8) is 0 Å². The van der Waals surface area contributed by atoms with E-state index >= 15 is 0 Å². The summed E-state index contributed by atoms with van der Waals surface area (Å²) in [4.78, 5) is 11.6. The van der Waals surface area contributed by atoms with Crippen LogP contribution >= 0.6 is 11.8 Å². The van der Waals surface area contributed by atoms with Crippen LogP contribution in [0.3, 0.4) is 0 Å². The van der Waals surface area contributed by atoms with Crippen LogP contribution in [0.25, 0.3) is 5.69 Å². The highest BCUT2D eigenvalue weighted by Gasteiger charge is 2.42. The summed E-state index contributed by atoms with van der Waals surface area (Å²) in [6.07, 6.45) is -7.92. The molecule has 0 aliphatic carbocycles. The van der Waals surface area contributed by atoms with Gasteiger partial charge in [0.15, 0.2) is 5.69 Å². The van der Waals surface area contributed by atoms with Gasteiger partial charge in [-0.1, -0.05) is 0 Å². The Morgan fingerprint density at radius 2 is 1.73 bits per heavy atom. The fourth-order valence-corrected chi connectivity index (χ4v) is 2.41. The van der Waals surface area contributed by atoms with E-state index in [-0.39, 0.29) is 28.8 Å². The zero-order valence-electron chi connectivity index (χ0n) is 13.3. The summed E-state index contributed by atoms with van der Waals surface area (Å²) in [5.41, 5.74) is -3.08. The van der Waals surface area contributed by atoms with E-state index in [2.05, 4.69) is 10.4 Å². The van der Waals surface area contributed by atoms with Crippen molar-refractivity contribution in [3.8, 4) is 5.69 Å². The number of benzene rings is 1. The van der Waals surface area contributed by atoms with Crippen LogP contribution < -0.4 is 5.32 Å². The van der Waals surface area contributed by atoms with Gasteiger partial charge in [0, 0.05) is 23.9 Å². The second-order valence-corrected chi connectivity index (χ2v) is 6.15. The number of hydrogen-bond acceptors (Lipinski definition) is 3. The van der Waals surface area contributed by atoms with Crippen molar-refractivity contribution in [1.29, 1.82) is 0 Å². The predicted octanol–water partition coefficient (Wildman–Crippen LogP) is 4.60. The van der Waals surface area contributed by atoms with Gasteiger partial charge in [-0.25, -0.2) is 4.68 Å². The number of rotatable bonds is 5. The maximum absolute atomic E-state index is 13.0. The number of hydrogen-bond donors (Lipinski definition) is 1. The number of alkyl halides is 6. The monoisotopic (exact) mass is 397 g/mol. The van der Waals surface area contributed by atoms with Crippen molar-refractivity contribution in [2.45, 2.75) is 18.8 Å². The fourth-order valence-electron chi connectivity index (χ4n) is 2.02. The number of carbonyl (C=O) groups is 1. The predicted molar refractivity (Wildman–Crippen MR) is 85.2 cm³/mol. The molecule has 0 saturated carbocycles. The van der Waals surface area contributed by atoms with Crippen LogP contribution in [0, 0.1) is 0 Å². The average molecular weight is 397 g/mol. The first-order valence-corrected chi connectivity index (χ1v) is 8.55. The molecule has 2 rings (SSSR count). The van der Waals surface area contributed by atoms with Crippen LogP contribution in [0.1, 0.15) is 17.8 Å². The molecule has 0 radical (unpaired) electrons. The molecule has 0 fully saturated rings. The highest BCUT2D eigenvalue weighted by molar-refractivity contribution is 7.98. The van der Waals surface area contributed by atoms with Gasteiger partial charge in [-0.15, -0.1) is 0 Å². The van der Waals surface area contributed by atoms with Gasteiger partial charge < -0.3 is 5.32 Å². The van der Waals surface area contributed by atoms with Crippen LogP contribution in [-0.4, -0.2) is 27.7 Å². The summed E-state index contributed by atoms with van der Waals surface area (Å²) in [6, 6.07) is 4.83. The van der Waals surface area contributed by atoms with Crippen LogP contribution in [-0.2, 0) is 17.1 Å². The normalized spacial score (nSPS) is 12.3. The van der Waals surface area contributed by atoms with Gasteiger partial charge in [-0.3, -0.25) is 4.79 Å². The Morgan fingerprint density at radius 1 is 1.12 bits per heavy atom. The highest BCUT2D eigenvalue weighted by Crippen LogP contribution is 2.36. The third-order valence-electron chi connectivity index (χ3n) is 3.22. The Hall–Kier alpha value is -2.17. The van der Waals surface area contributed by atoms with Gasteiger partial charge in [0.1, 0.15) is 5.69 Å². The lowest BCUT2D eigenvalue weighted by Crippen LogP contribution is -2.14. The number of carbonyl (C=O) groups excluding carboxylic acids is 1. The number of halogens is 6. The molecular weight excluding hydrogens is 384 g/mol. The van der Waals surface area contributed by atoms with Crippen molar-refractivity contribution in [1.82, 2.24) is 9.78 Å². The molecule has 0 unspecified atom stereocenters. The van der Waals surface area contributed by atoms with Gasteiger partial charge in [-0.2, -0.15) is 43.2 Å². The Morgan fingerprint density at radius 3 is 2.23 bits per heavy atom. The van der Waals surface area contributed by atoms with Crippen LogP contribution in [0.2, 0.25) is 0 Å². The minimum absolute atomic E-state index is 0.0435. The number of nitrogens with zero attached hydrogens (tertiary/aromatic N) is 2. The summed E-state index contributed by atoms with van der Waals surface area (Å²) < 4.78 is 77.3. The third kappa shape index (κ3) is 4.93. The minimum atomic E-state index is -5.01. The maximum atomic E-state index is 13.0. The summed E-state index contributed by atoms with van der Waals surface area (Å²) in [6.45, 7) is 0. The van der Waals surface area contributed by atoms with Crippen molar-refractivity contribution < 1.29 is 31.1 Å². The number of anilines is 1. The third-order valence-corrected chi connectivity index (χ3v) is 3.83. The van der Waals surface area contributed by atoms with E-state index in [4.69, 9.17) is 0 Å². The molecule has 1 N–H and O–H groups in total. The summed E-state index contributed by atoms with van der Waals surface area (Å²) in [5.74, 6) is 0.327. The average Bonchev–Trinajstić information content (AvgIpc) is 2.99. The fraction of sp³-hybridized carbons (Fsp3) is 0.333. The SMILES string of the molecule is CSCCC(=O)Nc1ccc(-n2nc(C(F)(F)F)cc2C(F)(F)F)cc1. The molecule has 4 nitrogen and oxygen atoms in total. The summed E-state index contributed by atoms with van der Waals surface area (Å²) in [7, 11) is 0. The molecule has 11 heteroatoms.